The smallest absolute Gasteiger partial charge is 0.296 e. The lowest BCUT2D eigenvalue weighted by Gasteiger charge is -2.08. The van der Waals surface area contributed by atoms with Gasteiger partial charge in [0.25, 0.3) is 5.69 Å². The average Bonchev–Trinajstić information content (AvgIpc) is 2.34. The Morgan fingerprint density at radius 3 is 2.78 bits per heavy atom. The molecule has 0 bridgehead atoms. The summed E-state index contributed by atoms with van der Waals surface area (Å²) in [6, 6.07) is 4.47. The van der Waals surface area contributed by atoms with Crippen LogP contribution >= 0.6 is 12.4 Å². The van der Waals surface area contributed by atoms with Crippen molar-refractivity contribution in [1.29, 1.82) is 0 Å². The number of nitro benzene ring substituents is 1. The SMILES string of the molecule is Cl.NCCNc1ccc(OCCO)cc1[N+](=O)[O-]. The van der Waals surface area contributed by atoms with Crippen molar-refractivity contribution in [2.75, 3.05) is 31.6 Å². The molecule has 0 aliphatic rings. The van der Waals surface area contributed by atoms with E-state index in [1.54, 1.807) is 12.1 Å². The summed E-state index contributed by atoms with van der Waals surface area (Å²) in [4.78, 5) is 10.3. The number of hydrogen-bond donors (Lipinski definition) is 3. The van der Waals surface area contributed by atoms with Crippen molar-refractivity contribution < 1.29 is 14.8 Å². The Kier molecular flexibility index (Phi) is 7.77. The Morgan fingerprint density at radius 2 is 2.22 bits per heavy atom. The maximum atomic E-state index is 10.8. The van der Waals surface area contributed by atoms with Crippen LogP contribution in [0.15, 0.2) is 18.2 Å². The first-order valence-corrected chi connectivity index (χ1v) is 5.15. The Labute approximate surface area is 110 Å². The zero-order valence-corrected chi connectivity index (χ0v) is 10.5. The first-order chi connectivity index (χ1) is 8.19. The van der Waals surface area contributed by atoms with Crippen molar-refractivity contribution in [3.05, 3.63) is 28.3 Å². The van der Waals surface area contributed by atoms with Crippen molar-refractivity contribution in [2.45, 2.75) is 0 Å². The number of halogens is 1. The molecule has 1 aromatic rings. The van der Waals surface area contributed by atoms with Crippen LogP contribution in [0, 0.1) is 10.1 Å². The topological polar surface area (TPSA) is 111 Å². The highest BCUT2D eigenvalue weighted by atomic mass is 35.5. The average molecular weight is 278 g/mol. The molecule has 7 nitrogen and oxygen atoms in total. The van der Waals surface area contributed by atoms with E-state index < -0.39 is 4.92 Å². The fourth-order valence-corrected chi connectivity index (χ4v) is 1.27. The van der Waals surface area contributed by atoms with Crippen LogP contribution in [-0.4, -0.2) is 36.3 Å². The van der Waals surface area contributed by atoms with Crippen molar-refractivity contribution in [1.82, 2.24) is 0 Å². The molecule has 0 aromatic heterocycles. The highest BCUT2D eigenvalue weighted by Crippen LogP contribution is 2.28. The van der Waals surface area contributed by atoms with Gasteiger partial charge in [0.1, 0.15) is 18.0 Å². The van der Waals surface area contributed by atoms with Crippen LogP contribution in [0.2, 0.25) is 0 Å². The van der Waals surface area contributed by atoms with E-state index in [9.17, 15) is 10.1 Å². The molecule has 1 aromatic carbocycles. The summed E-state index contributed by atoms with van der Waals surface area (Å²) >= 11 is 0. The summed E-state index contributed by atoms with van der Waals surface area (Å²) in [5, 5.41) is 22.3. The minimum Gasteiger partial charge on any atom is -0.491 e. The first-order valence-electron chi connectivity index (χ1n) is 5.15. The monoisotopic (exact) mass is 277 g/mol. The Bertz CT molecular complexity index is 389. The number of benzene rings is 1. The summed E-state index contributed by atoms with van der Waals surface area (Å²) in [7, 11) is 0. The molecule has 1 rings (SSSR count). The third-order valence-electron chi connectivity index (χ3n) is 1.99. The molecule has 0 amide bonds. The summed E-state index contributed by atoms with van der Waals surface area (Å²) in [6.45, 7) is 0.811. The number of aliphatic hydroxyl groups is 1. The van der Waals surface area contributed by atoms with E-state index in [0.29, 0.717) is 24.5 Å². The molecule has 4 N–H and O–H groups in total. The number of ether oxygens (including phenoxy) is 1. The Morgan fingerprint density at radius 1 is 1.50 bits per heavy atom. The summed E-state index contributed by atoms with van der Waals surface area (Å²) in [6.07, 6.45) is 0. The third kappa shape index (κ3) is 4.74. The van der Waals surface area contributed by atoms with E-state index in [2.05, 4.69) is 5.32 Å². The summed E-state index contributed by atoms with van der Waals surface area (Å²) in [5.74, 6) is 0.351. The maximum absolute atomic E-state index is 10.8. The van der Waals surface area contributed by atoms with Crippen LogP contribution in [-0.2, 0) is 0 Å². The van der Waals surface area contributed by atoms with Crippen LogP contribution in [0.5, 0.6) is 5.75 Å². The van der Waals surface area contributed by atoms with Crippen LogP contribution in [0.1, 0.15) is 0 Å². The van der Waals surface area contributed by atoms with Gasteiger partial charge in [0.15, 0.2) is 0 Å². The zero-order valence-electron chi connectivity index (χ0n) is 9.67. The number of rotatable bonds is 7. The molecule has 0 saturated carbocycles. The van der Waals surface area contributed by atoms with Crippen LogP contribution in [0.3, 0.4) is 0 Å². The quantitative estimate of drug-likeness (QED) is 0.501. The van der Waals surface area contributed by atoms with Crippen molar-refractivity contribution in [3.63, 3.8) is 0 Å². The highest BCUT2D eigenvalue weighted by molar-refractivity contribution is 5.85. The fraction of sp³-hybridized carbons (Fsp3) is 0.400. The number of nitro groups is 1. The largest absolute Gasteiger partial charge is 0.491 e. The number of nitrogens with one attached hydrogen (secondary N) is 1. The number of anilines is 1. The standard InChI is InChI=1S/C10H15N3O4.ClH/c11-3-4-12-9-2-1-8(17-6-5-14)7-10(9)13(15)16;/h1-2,7,12,14H,3-6,11H2;1H. The number of hydrogen-bond acceptors (Lipinski definition) is 6. The Balaban J connectivity index is 0.00000289. The minimum absolute atomic E-state index is 0. The van der Waals surface area contributed by atoms with Crippen LogP contribution < -0.4 is 15.8 Å². The van der Waals surface area contributed by atoms with Crippen molar-refractivity contribution >= 4 is 23.8 Å². The zero-order chi connectivity index (χ0) is 12.7. The molecular weight excluding hydrogens is 262 g/mol. The highest BCUT2D eigenvalue weighted by Gasteiger charge is 2.14. The van der Waals surface area contributed by atoms with E-state index in [-0.39, 0.29) is 31.3 Å². The first kappa shape index (κ1) is 16.4. The van der Waals surface area contributed by atoms with Gasteiger partial charge in [-0.1, -0.05) is 0 Å². The van der Waals surface area contributed by atoms with Gasteiger partial charge < -0.3 is 20.9 Å². The number of nitrogens with two attached hydrogens (primary N) is 1. The van der Waals surface area contributed by atoms with E-state index >= 15 is 0 Å². The molecule has 0 radical (unpaired) electrons. The predicted octanol–water partition coefficient (Wildman–Crippen LogP) is 0.758. The summed E-state index contributed by atoms with van der Waals surface area (Å²) in [5.41, 5.74) is 5.64. The van der Waals surface area contributed by atoms with Gasteiger partial charge in [-0.05, 0) is 12.1 Å². The molecule has 0 aliphatic heterocycles. The maximum Gasteiger partial charge on any atom is 0.296 e. The minimum atomic E-state index is -0.495. The third-order valence-corrected chi connectivity index (χ3v) is 1.99. The lowest BCUT2D eigenvalue weighted by atomic mass is 10.2. The van der Waals surface area contributed by atoms with Crippen LogP contribution in [0.4, 0.5) is 11.4 Å². The fourth-order valence-electron chi connectivity index (χ4n) is 1.27. The second kappa shape index (κ2) is 8.51. The molecule has 0 unspecified atom stereocenters. The second-order valence-corrected chi connectivity index (χ2v) is 3.22. The second-order valence-electron chi connectivity index (χ2n) is 3.22. The van der Waals surface area contributed by atoms with E-state index in [1.807, 2.05) is 0 Å². The van der Waals surface area contributed by atoms with Gasteiger partial charge in [-0.15, -0.1) is 12.4 Å². The van der Waals surface area contributed by atoms with Gasteiger partial charge in [0, 0.05) is 13.1 Å². The van der Waals surface area contributed by atoms with Gasteiger partial charge in [0.2, 0.25) is 0 Å². The molecule has 0 saturated heterocycles. The molecule has 18 heavy (non-hydrogen) atoms. The van der Waals surface area contributed by atoms with Gasteiger partial charge >= 0.3 is 0 Å². The van der Waals surface area contributed by atoms with Gasteiger partial charge in [-0.25, -0.2) is 0 Å². The molecule has 102 valence electrons. The molecule has 0 spiro atoms. The molecule has 0 fully saturated rings. The van der Waals surface area contributed by atoms with E-state index in [4.69, 9.17) is 15.6 Å². The lowest BCUT2D eigenvalue weighted by Crippen LogP contribution is -2.14. The molecule has 0 heterocycles. The van der Waals surface area contributed by atoms with E-state index in [0.717, 1.165) is 0 Å². The van der Waals surface area contributed by atoms with Crippen molar-refractivity contribution in [3.8, 4) is 5.75 Å². The normalized spacial score (nSPS) is 9.44. The van der Waals surface area contributed by atoms with Gasteiger partial charge in [-0.3, -0.25) is 10.1 Å². The van der Waals surface area contributed by atoms with Gasteiger partial charge in [0.05, 0.1) is 17.6 Å². The van der Waals surface area contributed by atoms with Crippen LogP contribution in [0.25, 0.3) is 0 Å². The molecule has 0 aliphatic carbocycles. The summed E-state index contributed by atoms with van der Waals surface area (Å²) < 4.78 is 5.10. The van der Waals surface area contributed by atoms with E-state index in [1.165, 1.54) is 6.07 Å². The Hall–Kier alpha value is -1.57. The lowest BCUT2D eigenvalue weighted by molar-refractivity contribution is -0.384. The van der Waals surface area contributed by atoms with Crippen molar-refractivity contribution in [2.24, 2.45) is 5.73 Å². The van der Waals surface area contributed by atoms with Gasteiger partial charge in [-0.2, -0.15) is 0 Å². The number of nitrogens with zero attached hydrogens (tertiary/aromatic N) is 1. The molecular formula is C10H16ClN3O4. The molecule has 8 heteroatoms. The predicted molar refractivity (Wildman–Crippen MR) is 70.5 cm³/mol. The molecule has 0 atom stereocenters. The number of aliphatic hydroxyl groups excluding tert-OH is 1.